The average Bonchev–Trinajstić information content (AvgIpc) is 3.23. The van der Waals surface area contributed by atoms with Crippen LogP contribution in [-0.2, 0) is 16.1 Å². The number of thioether (sulfide) groups is 1. The molecular weight excluding hydrogens is 503 g/mol. The van der Waals surface area contributed by atoms with E-state index in [4.69, 9.17) is 27.9 Å². The Hall–Kier alpha value is -2.70. The van der Waals surface area contributed by atoms with E-state index < -0.39 is 4.92 Å². The second-order valence-corrected chi connectivity index (χ2v) is 9.09. The normalized spacial score (nSPS) is 14.2. The second kappa shape index (κ2) is 11.2. The first-order valence-corrected chi connectivity index (χ1v) is 12.0. The molecule has 0 spiro atoms. The molecule has 2 heterocycles. The highest BCUT2D eigenvalue weighted by Crippen LogP contribution is 2.35. The van der Waals surface area contributed by atoms with E-state index in [1.165, 1.54) is 11.8 Å². The van der Waals surface area contributed by atoms with E-state index >= 15 is 0 Å². The summed E-state index contributed by atoms with van der Waals surface area (Å²) in [5.41, 5.74) is 0.753. The zero-order valence-electron chi connectivity index (χ0n) is 17.8. The number of nitro groups is 1. The van der Waals surface area contributed by atoms with Crippen molar-refractivity contribution in [3.63, 3.8) is 0 Å². The van der Waals surface area contributed by atoms with E-state index in [1.54, 1.807) is 0 Å². The molecule has 0 bridgehead atoms. The van der Waals surface area contributed by atoms with Gasteiger partial charge >= 0.3 is 0 Å². The van der Waals surface area contributed by atoms with Gasteiger partial charge in [-0.25, -0.2) is 0 Å². The van der Waals surface area contributed by atoms with Crippen molar-refractivity contribution in [2.75, 3.05) is 37.4 Å². The zero-order chi connectivity index (χ0) is 24.1. The number of carbonyl (C=O) groups is 1. The van der Waals surface area contributed by atoms with Crippen molar-refractivity contribution in [1.82, 2.24) is 19.7 Å². The van der Waals surface area contributed by atoms with Gasteiger partial charge in [0.2, 0.25) is 5.91 Å². The van der Waals surface area contributed by atoms with E-state index in [0.717, 1.165) is 36.7 Å². The summed E-state index contributed by atoms with van der Waals surface area (Å²) in [7, 11) is 0. The van der Waals surface area contributed by atoms with Gasteiger partial charge in [-0.3, -0.25) is 24.4 Å². The molecule has 1 saturated heterocycles. The summed E-state index contributed by atoms with van der Waals surface area (Å²) in [6.07, 6.45) is 0. The molecule has 0 radical (unpaired) electrons. The Labute approximate surface area is 209 Å². The van der Waals surface area contributed by atoms with Crippen LogP contribution in [-0.4, -0.2) is 62.6 Å². The molecule has 1 aromatic heterocycles. The molecule has 3 aromatic rings. The highest BCUT2D eigenvalue weighted by molar-refractivity contribution is 7.99. The lowest BCUT2D eigenvalue weighted by Gasteiger charge is -2.26. The van der Waals surface area contributed by atoms with Gasteiger partial charge in [0.15, 0.2) is 11.0 Å². The summed E-state index contributed by atoms with van der Waals surface area (Å²) in [5.74, 6) is 0.379. The maximum Gasteiger partial charge on any atom is 0.272 e. The Morgan fingerprint density at radius 1 is 1.15 bits per heavy atom. The van der Waals surface area contributed by atoms with Gasteiger partial charge in [-0.15, -0.1) is 10.2 Å². The molecule has 1 fully saturated rings. The highest BCUT2D eigenvalue weighted by Gasteiger charge is 2.21. The number of non-ortho nitro benzene ring substituents is 1. The number of benzene rings is 2. The van der Waals surface area contributed by atoms with Crippen molar-refractivity contribution in [3.05, 3.63) is 68.4 Å². The van der Waals surface area contributed by atoms with Gasteiger partial charge in [0.05, 0.1) is 46.2 Å². The van der Waals surface area contributed by atoms with Crippen LogP contribution in [0.25, 0.3) is 5.69 Å². The molecular formula is C21H20Cl2N6O4S. The third-order valence-corrected chi connectivity index (χ3v) is 6.54. The van der Waals surface area contributed by atoms with E-state index in [9.17, 15) is 14.9 Å². The summed E-state index contributed by atoms with van der Waals surface area (Å²) >= 11 is 13.4. The summed E-state index contributed by atoms with van der Waals surface area (Å²) in [6, 6.07) is 12.0. The van der Waals surface area contributed by atoms with Gasteiger partial charge in [-0.1, -0.05) is 53.2 Å². The molecule has 0 saturated carbocycles. The highest BCUT2D eigenvalue weighted by atomic mass is 35.5. The first-order valence-electron chi connectivity index (χ1n) is 10.3. The number of ether oxygens (including phenoxy) is 1. The van der Waals surface area contributed by atoms with Crippen molar-refractivity contribution < 1.29 is 14.5 Å². The van der Waals surface area contributed by atoms with Crippen LogP contribution in [0.2, 0.25) is 10.0 Å². The number of hydrogen-bond acceptors (Lipinski definition) is 8. The Bertz CT molecular complexity index is 1160. The molecule has 1 N–H and O–H groups in total. The third kappa shape index (κ3) is 5.86. The van der Waals surface area contributed by atoms with Gasteiger partial charge in [0, 0.05) is 30.9 Å². The van der Waals surface area contributed by atoms with Crippen molar-refractivity contribution in [1.29, 1.82) is 0 Å². The molecule has 1 aliphatic rings. The lowest BCUT2D eigenvalue weighted by molar-refractivity contribution is -0.384. The number of nitrogens with zero attached hydrogens (tertiary/aromatic N) is 5. The van der Waals surface area contributed by atoms with Crippen LogP contribution >= 0.6 is 35.0 Å². The van der Waals surface area contributed by atoms with Gasteiger partial charge < -0.3 is 10.1 Å². The van der Waals surface area contributed by atoms with Crippen LogP contribution in [0.1, 0.15) is 5.82 Å². The maximum atomic E-state index is 12.6. The number of carbonyl (C=O) groups excluding carboxylic acids is 1. The van der Waals surface area contributed by atoms with Gasteiger partial charge in [-0.2, -0.15) is 0 Å². The number of nitrogens with one attached hydrogen (secondary N) is 1. The summed E-state index contributed by atoms with van der Waals surface area (Å²) in [5, 5.41) is 22.8. The number of nitro benzene ring substituents is 1. The van der Waals surface area contributed by atoms with Crippen molar-refractivity contribution in [3.8, 4) is 5.69 Å². The summed E-state index contributed by atoms with van der Waals surface area (Å²) < 4.78 is 7.35. The van der Waals surface area contributed by atoms with E-state index in [2.05, 4.69) is 20.4 Å². The number of morpholine rings is 1. The lowest BCUT2D eigenvalue weighted by Crippen LogP contribution is -2.36. The monoisotopic (exact) mass is 522 g/mol. The fraction of sp³-hybridized carbons (Fsp3) is 0.286. The third-order valence-electron chi connectivity index (χ3n) is 5.02. The van der Waals surface area contributed by atoms with E-state index in [-0.39, 0.29) is 33.1 Å². The quantitative estimate of drug-likeness (QED) is 0.267. The molecule has 1 amide bonds. The smallest absolute Gasteiger partial charge is 0.272 e. The van der Waals surface area contributed by atoms with Gasteiger partial charge in [0.1, 0.15) is 0 Å². The minimum atomic E-state index is -0.607. The summed E-state index contributed by atoms with van der Waals surface area (Å²) in [4.78, 5) is 25.2. The molecule has 2 aromatic carbocycles. The maximum absolute atomic E-state index is 12.6. The fourth-order valence-electron chi connectivity index (χ4n) is 3.38. The van der Waals surface area contributed by atoms with Crippen LogP contribution in [0.5, 0.6) is 0 Å². The molecule has 0 atom stereocenters. The van der Waals surface area contributed by atoms with Crippen molar-refractivity contribution >= 4 is 52.2 Å². The fourth-order valence-corrected chi connectivity index (χ4v) is 4.72. The van der Waals surface area contributed by atoms with Crippen molar-refractivity contribution in [2.45, 2.75) is 11.7 Å². The molecule has 178 valence electrons. The van der Waals surface area contributed by atoms with Crippen LogP contribution in [0.4, 0.5) is 11.4 Å². The predicted octanol–water partition coefficient (Wildman–Crippen LogP) is 4.05. The van der Waals surface area contributed by atoms with E-state index in [0.29, 0.717) is 24.9 Å². The Morgan fingerprint density at radius 2 is 1.82 bits per heavy atom. The number of aromatic nitrogens is 3. The first-order chi connectivity index (χ1) is 16.4. The van der Waals surface area contributed by atoms with Crippen LogP contribution < -0.4 is 5.32 Å². The molecule has 1 aliphatic heterocycles. The first kappa shape index (κ1) is 24.4. The number of amides is 1. The molecule has 4 rings (SSSR count). The number of anilines is 1. The number of rotatable bonds is 8. The minimum absolute atomic E-state index is 0.00612. The van der Waals surface area contributed by atoms with Gasteiger partial charge in [-0.05, 0) is 12.1 Å². The van der Waals surface area contributed by atoms with Gasteiger partial charge in [0.25, 0.3) is 5.69 Å². The van der Waals surface area contributed by atoms with Crippen LogP contribution in [0, 0.1) is 10.1 Å². The molecule has 0 unspecified atom stereocenters. The lowest BCUT2D eigenvalue weighted by atomic mass is 10.3. The topological polar surface area (TPSA) is 115 Å². The Kier molecular flexibility index (Phi) is 8.01. The Balaban J connectivity index is 1.49. The number of para-hydroxylation sites is 1. The Morgan fingerprint density at radius 3 is 2.47 bits per heavy atom. The van der Waals surface area contributed by atoms with Crippen LogP contribution in [0.15, 0.2) is 47.6 Å². The standard InChI is InChI=1S/C21H20Cl2N6O4S/c22-16-10-15(29(31)32)11-17(23)20(16)24-19(30)13-34-21-26-25-18(12-27-6-8-33-9-7-27)28(21)14-4-2-1-3-5-14/h1-5,10-11H,6-9,12-13H2,(H,24,30). The van der Waals surface area contributed by atoms with Crippen molar-refractivity contribution in [2.24, 2.45) is 0 Å². The van der Waals surface area contributed by atoms with Crippen LogP contribution in [0.3, 0.4) is 0 Å². The largest absolute Gasteiger partial charge is 0.379 e. The minimum Gasteiger partial charge on any atom is -0.379 e. The number of hydrogen-bond donors (Lipinski definition) is 1. The molecule has 10 nitrogen and oxygen atoms in total. The molecule has 0 aliphatic carbocycles. The predicted molar refractivity (Wildman–Crippen MR) is 130 cm³/mol. The number of halogens is 2. The zero-order valence-corrected chi connectivity index (χ0v) is 20.1. The molecule has 34 heavy (non-hydrogen) atoms. The SMILES string of the molecule is O=C(CSc1nnc(CN2CCOCC2)n1-c1ccccc1)Nc1c(Cl)cc([N+](=O)[O-])cc1Cl. The average molecular weight is 523 g/mol. The molecule has 13 heteroatoms. The summed E-state index contributed by atoms with van der Waals surface area (Å²) in [6.45, 7) is 3.57. The van der Waals surface area contributed by atoms with E-state index in [1.807, 2.05) is 34.9 Å². The second-order valence-electron chi connectivity index (χ2n) is 7.34.